The van der Waals surface area contributed by atoms with Crippen LogP contribution in [0.5, 0.6) is 5.75 Å². The molecule has 0 spiro atoms. The third-order valence-electron chi connectivity index (χ3n) is 4.65. The Balaban J connectivity index is 1.54. The first-order valence-electron chi connectivity index (χ1n) is 9.49. The lowest BCUT2D eigenvalue weighted by atomic mass is 10.0. The quantitative estimate of drug-likeness (QED) is 0.397. The molecule has 0 saturated carbocycles. The van der Waals surface area contributed by atoms with Crippen LogP contribution in [0, 0.1) is 0 Å². The lowest BCUT2D eigenvalue weighted by Gasteiger charge is -2.39. The number of thiophene rings is 1. The van der Waals surface area contributed by atoms with Gasteiger partial charge in [-0.05, 0) is 48.6 Å². The number of hydrogen-bond acceptors (Lipinski definition) is 6. The minimum Gasteiger partial charge on any atom is -0.497 e. The number of carbonyl (C=O) groups excluding carboxylic acids is 3. The maximum absolute atomic E-state index is 12.6. The van der Waals surface area contributed by atoms with Crippen LogP contribution in [0.25, 0.3) is 0 Å². The summed E-state index contributed by atoms with van der Waals surface area (Å²) in [6.07, 6.45) is 0.237. The predicted octanol–water partition coefficient (Wildman–Crippen LogP) is 2.66. The largest absolute Gasteiger partial charge is 0.497 e. The van der Waals surface area contributed by atoms with Crippen molar-refractivity contribution in [2.75, 3.05) is 13.7 Å². The number of nitrogens with zero attached hydrogens (tertiary/aromatic N) is 1. The molecule has 1 fully saturated rings. The second kappa shape index (κ2) is 9.58. The molecule has 1 saturated heterocycles. The third kappa shape index (κ3) is 5.07. The number of methoxy groups -OCH3 is 1. The minimum atomic E-state index is -0.624. The Kier molecular flexibility index (Phi) is 6.89. The summed E-state index contributed by atoms with van der Waals surface area (Å²) in [5, 5.41) is 4.63. The van der Waals surface area contributed by atoms with E-state index >= 15 is 0 Å². The molecule has 1 aromatic heterocycles. The molecule has 1 aliphatic rings. The smallest absolute Gasteiger partial charge is 0.355 e. The average Bonchev–Trinajstić information content (AvgIpc) is 3.24. The number of benzene rings is 1. The van der Waals surface area contributed by atoms with E-state index < -0.39 is 12.0 Å². The van der Waals surface area contributed by atoms with Gasteiger partial charge in [-0.2, -0.15) is 0 Å². The van der Waals surface area contributed by atoms with Crippen LogP contribution < -0.4 is 10.1 Å². The van der Waals surface area contributed by atoms with E-state index in [0.717, 1.165) is 10.4 Å². The molecule has 1 unspecified atom stereocenters. The Bertz CT molecular complexity index is 946. The van der Waals surface area contributed by atoms with Crippen LogP contribution in [0.3, 0.4) is 0 Å². The van der Waals surface area contributed by atoms with Gasteiger partial charge in [-0.25, -0.2) is 4.79 Å². The zero-order valence-electron chi connectivity index (χ0n) is 17.1. The Labute approximate surface area is 179 Å². The molecule has 0 radical (unpaired) electrons. The standard InChI is InChI=1S/C22H24N2O5S/c1-14(2)20(22(27)29-13-15-6-8-16(28-3)9-7-15)24-12-18(21(24)26)23-19(25)11-17-5-4-10-30-17/h4-10,18H,11-13H2,1-3H3,(H,23,25). The molecular formula is C22H24N2O5S. The van der Waals surface area contributed by atoms with Crippen molar-refractivity contribution in [3.05, 3.63) is 63.5 Å². The van der Waals surface area contributed by atoms with Crippen LogP contribution in [0.2, 0.25) is 0 Å². The molecule has 1 atom stereocenters. The van der Waals surface area contributed by atoms with Crippen molar-refractivity contribution in [3.63, 3.8) is 0 Å². The predicted molar refractivity (Wildman–Crippen MR) is 113 cm³/mol. The summed E-state index contributed by atoms with van der Waals surface area (Å²) in [6, 6.07) is 10.3. The maximum Gasteiger partial charge on any atom is 0.355 e. The number of β-lactam (4-membered cyclic amide) rings is 1. The minimum absolute atomic E-state index is 0.0859. The number of allylic oxidation sites excluding steroid dienone is 1. The summed E-state index contributed by atoms with van der Waals surface area (Å²) < 4.78 is 10.5. The molecule has 1 N–H and O–H groups in total. The van der Waals surface area contributed by atoms with E-state index in [0.29, 0.717) is 11.3 Å². The van der Waals surface area contributed by atoms with Gasteiger partial charge in [0.1, 0.15) is 24.1 Å². The van der Waals surface area contributed by atoms with Crippen LogP contribution in [-0.2, 0) is 32.1 Å². The van der Waals surface area contributed by atoms with Crippen molar-refractivity contribution in [2.45, 2.75) is 32.9 Å². The molecule has 8 heteroatoms. The molecule has 2 heterocycles. The number of amides is 2. The molecule has 30 heavy (non-hydrogen) atoms. The van der Waals surface area contributed by atoms with E-state index in [1.807, 2.05) is 29.6 Å². The van der Waals surface area contributed by atoms with Crippen molar-refractivity contribution >= 4 is 29.1 Å². The van der Waals surface area contributed by atoms with Gasteiger partial charge in [-0.1, -0.05) is 18.2 Å². The van der Waals surface area contributed by atoms with E-state index in [1.165, 1.54) is 16.2 Å². The van der Waals surface area contributed by atoms with E-state index in [9.17, 15) is 14.4 Å². The van der Waals surface area contributed by atoms with Gasteiger partial charge in [-0.15, -0.1) is 11.3 Å². The highest BCUT2D eigenvalue weighted by atomic mass is 32.1. The van der Waals surface area contributed by atoms with Crippen LogP contribution in [-0.4, -0.2) is 42.4 Å². The van der Waals surface area contributed by atoms with Crippen molar-refractivity contribution < 1.29 is 23.9 Å². The summed E-state index contributed by atoms with van der Waals surface area (Å²) in [7, 11) is 1.58. The van der Waals surface area contributed by atoms with Crippen molar-refractivity contribution in [1.82, 2.24) is 10.2 Å². The summed E-state index contributed by atoms with van der Waals surface area (Å²) in [5.74, 6) is -0.376. The highest BCUT2D eigenvalue weighted by Crippen LogP contribution is 2.23. The Morgan fingerprint density at radius 1 is 1.20 bits per heavy atom. The van der Waals surface area contributed by atoms with Crippen LogP contribution >= 0.6 is 11.3 Å². The van der Waals surface area contributed by atoms with Crippen molar-refractivity contribution in [3.8, 4) is 5.75 Å². The lowest BCUT2D eigenvalue weighted by molar-refractivity contribution is -0.151. The molecule has 0 aliphatic carbocycles. The Morgan fingerprint density at radius 3 is 2.50 bits per heavy atom. The SMILES string of the molecule is COc1ccc(COC(=O)C(=C(C)C)N2CC(NC(=O)Cc3cccs3)C2=O)cc1. The first-order valence-corrected chi connectivity index (χ1v) is 10.4. The van der Waals surface area contributed by atoms with Gasteiger partial charge in [0.2, 0.25) is 5.91 Å². The molecule has 7 nitrogen and oxygen atoms in total. The van der Waals surface area contributed by atoms with Gasteiger partial charge < -0.3 is 19.7 Å². The number of carbonyl (C=O) groups is 3. The zero-order valence-corrected chi connectivity index (χ0v) is 18.0. The average molecular weight is 429 g/mol. The van der Waals surface area contributed by atoms with Gasteiger partial charge in [-0.3, -0.25) is 9.59 Å². The second-order valence-corrected chi connectivity index (χ2v) is 8.13. The highest BCUT2D eigenvalue weighted by Gasteiger charge is 2.42. The third-order valence-corrected chi connectivity index (χ3v) is 5.52. The summed E-state index contributed by atoms with van der Waals surface area (Å²) >= 11 is 1.49. The molecule has 2 aromatic rings. The Hall–Kier alpha value is -3.13. The zero-order chi connectivity index (χ0) is 21.7. The van der Waals surface area contributed by atoms with Crippen LogP contribution in [0.1, 0.15) is 24.3 Å². The molecule has 2 amide bonds. The van der Waals surface area contributed by atoms with E-state index in [4.69, 9.17) is 9.47 Å². The fraction of sp³-hybridized carbons (Fsp3) is 0.318. The summed E-state index contributed by atoms with van der Waals surface area (Å²) in [4.78, 5) is 39.6. The second-order valence-electron chi connectivity index (χ2n) is 7.10. The fourth-order valence-corrected chi connectivity index (χ4v) is 3.78. The van der Waals surface area contributed by atoms with Gasteiger partial charge in [0.15, 0.2) is 0 Å². The normalized spacial score (nSPS) is 15.2. The highest BCUT2D eigenvalue weighted by molar-refractivity contribution is 7.10. The van der Waals surface area contributed by atoms with E-state index in [-0.39, 0.29) is 37.1 Å². The topological polar surface area (TPSA) is 84.9 Å². The van der Waals surface area contributed by atoms with Crippen molar-refractivity contribution in [1.29, 1.82) is 0 Å². The van der Waals surface area contributed by atoms with Crippen LogP contribution in [0.4, 0.5) is 0 Å². The number of esters is 1. The molecule has 158 valence electrons. The Morgan fingerprint density at radius 2 is 1.93 bits per heavy atom. The maximum atomic E-state index is 12.6. The van der Waals surface area contributed by atoms with E-state index in [1.54, 1.807) is 33.1 Å². The molecule has 1 aromatic carbocycles. The summed E-state index contributed by atoms with van der Waals surface area (Å²) in [6.45, 7) is 3.83. The number of likely N-dealkylation sites (tertiary alicyclic amines) is 1. The molecule has 1 aliphatic heterocycles. The number of rotatable bonds is 8. The molecular weight excluding hydrogens is 404 g/mol. The number of hydrogen-bond donors (Lipinski definition) is 1. The fourth-order valence-electron chi connectivity index (χ4n) is 3.08. The van der Waals surface area contributed by atoms with Gasteiger partial charge in [0, 0.05) is 4.88 Å². The van der Waals surface area contributed by atoms with Gasteiger partial charge in [0.05, 0.1) is 20.1 Å². The van der Waals surface area contributed by atoms with Gasteiger partial charge in [0.25, 0.3) is 5.91 Å². The lowest BCUT2D eigenvalue weighted by Crippen LogP contribution is -2.64. The summed E-state index contributed by atoms with van der Waals surface area (Å²) in [5.41, 5.74) is 1.70. The molecule has 3 rings (SSSR count). The molecule has 0 bridgehead atoms. The number of ether oxygens (including phenoxy) is 2. The first-order chi connectivity index (χ1) is 14.4. The van der Waals surface area contributed by atoms with Gasteiger partial charge >= 0.3 is 5.97 Å². The van der Waals surface area contributed by atoms with Crippen molar-refractivity contribution in [2.24, 2.45) is 0 Å². The van der Waals surface area contributed by atoms with E-state index in [2.05, 4.69) is 5.32 Å². The van der Waals surface area contributed by atoms with Crippen LogP contribution in [0.15, 0.2) is 53.0 Å². The number of nitrogens with one attached hydrogen (secondary N) is 1. The monoisotopic (exact) mass is 428 g/mol. The first kappa shape index (κ1) is 21.6.